The van der Waals surface area contributed by atoms with Gasteiger partial charge in [-0.3, -0.25) is 4.79 Å². The molecule has 6 heteroatoms. The first-order valence-electron chi connectivity index (χ1n) is 8.13. The van der Waals surface area contributed by atoms with Crippen LogP contribution < -0.4 is 5.32 Å². The smallest absolute Gasteiger partial charge is 0.229 e. The van der Waals surface area contributed by atoms with Crippen LogP contribution in [0.25, 0.3) is 11.3 Å². The average molecular weight is 351 g/mol. The minimum atomic E-state index is -0.335. The van der Waals surface area contributed by atoms with Crippen molar-refractivity contribution in [1.29, 1.82) is 0 Å². The lowest BCUT2D eigenvalue weighted by molar-refractivity contribution is -0.115. The Labute approximate surface area is 150 Å². The minimum Gasteiger partial charge on any atom is -0.392 e. The van der Waals surface area contributed by atoms with E-state index in [9.17, 15) is 9.18 Å². The van der Waals surface area contributed by atoms with Crippen LogP contribution in [0, 0.1) is 12.7 Å². The van der Waals surface area contributed by atoms with Gasteiger partial charge in [0.25, 0.3) is 0 Å². The van der Waals surface area contributed by atoms with Gasteiger partial charge in [0, 0.05) is 5.56 Å². The second-order valence-corrected chi connectivity index (χ2v) is 5.90. The summed E-state index contributed by atoms with van der Waals surface area (Å²) in [6, 6.07) is 13.2. The zero-order valence-electron chi connectivity index (χ0n) is 14.2. The summed E-state index contributed by atoms with van der Waals surface area (Å²) in [5, 5.41) is 11.8. The Kier molecular flexibility index (Phi) is 5.34. The molecule has 1 heterocycles. The summed E-state index contributed by atoms with van der Waals surface area (Å²) in [6.45, 7) is 1.76. The molecule has 3 rings (SSSR count). The van der Waals surface area contributed by atoms with Crippen LogP contribution in [-0.4, -0.2) is 21.0 Å². The summed E-state index contributed by atoms with van der Waals surface area (Å²) in [5.74, 6) is -0.180. The number of nitrogens with zero attached hydrogens (tertiary/aromatic N) is 2. The zero-order valence-corrected chi connectivity index (χ0v) is 14.2. The van der Waals surface area contributed by atoms with Crippen LogP contribution in [0.15, 0.2) is 54.7 Å². The zero-order chi connectivity index (χ0) is 18.5. The number of carbonyl (C=O) groups excluding carboxylic acids is 1. The molecule has 0 radical (unpaired) electrons. The number of halogens is 1. The molecule has 0 aliphatic carbocycles. The summed E-state index contributed by atoms with van der Waals surface area (Å²) in [7, 11) is 0. The van der Waals surface area contributed by atoms with E-state index < -0.39 is 0 Å². The predicted molar refractivity (Wildman–Crippen MR) is 96.9 cm³/mol. The molecule has 0 bridgehead atoms. The van der Waals surface area contributed by atoms with Gasteiger partial charge in [0.15, 0.2) is 5.82 Å². The molecule has 26 heavy (non-hydrogen) atoms. The first-order valence-corrected chi connectivity index (χ1v) is 8.13. The van der Waals surface area contributed by atoms with Crippen molar-refractivity contribution in [3.8, 4) is 11.3 Å². The topological polar surface area (TPSA) is 75.1 Å². The number of nitrogens with one attached hydrogen (secondary N) is 1. The lowest BCUT2D eigenvalue weighted by Crippen LogP contribution is -2.16. The fourth-order valence-electron chi connectivity index (χ4n) is 2.49. The van der Waals surface area contributed by atoms with Crippen LogP contribution in [-0.2, 0) is 17.8 Å². The molecule has 1 amide bonds. The van der Waals surface area contributed by atoms with E-state index in [2.05, 4.69) is 15.3 Å². The van der Waals surface area contributed by atoms with Gasteiger partial charge in [-0.15, -0.1) is 0 Å². The number of rotatable bonds is 5. The van der Waals surface area contributed by atoms with Crippen LogP contribution >= 0.6 is 0 Å². The molecule has 0 saturated carbocycles. The maximum atomic E-state index is 12.9. The second kappa shape index (κ2) is 7.84. The highest BCUT2D eigenvalue weighted by atomic mass is 19.1. The monoisotopic (exact) mass is 351 g/mol. The van der Waals surface area contributed by atoms with E-state index in [-0.39, 0.29) is 24.8 Å². The Hall–Kier alpha value is -3.12. The fraction of sp³-hybridized carbons (Fsp3) is 0.150. The van der Waals surface area contributed by atoms with Gasteiger partial charge in [-0.25, -0.2) is 14.4 Å². The highest BCUT2D eigenvalue weighted by Gasteiger charge is 2.10. The van der Waals surface area contributed by atoms with Crippen molar-refractivity contribution < 1.29 is 14.3 Å². The molecule has 0 aliphatic rings. The summed E-state index contributed by atoms with van der Waals surface area (Å²) in [5.41, 5.74) is 3.70. The molecule has 0 spiro atoms. The van der Waals surface area contributed by atoms with Crippen LogP contribution in [0.1, 0.15) is 16.8 Å². The van der Waals surface area contributed by atoms with Crippen LogP contribution in [0.4, 0.5) is 10.2 Å². The van der Waals surface area contributed by atoms with E-state index in [1.165, 1.54) is 12.1 Å². The van der Waals surface area contributed by atoms with E-state index >= 15 is 0 Å². The molecule has 0 aliphatic heterocycles. The number of hydrogen-bond donors (Lipinski definition) is 2. The molecule has 0 atom stereocenters. The van der Waals surface area contributed by atoms with Crippen molar-refractivity contribution in [2.45, 2.75) is 20.0 Å². The maximum Gasteiger partial charge on any atom is 0.229 e. The molecule has 0 fully saturated rings. The molecular weight excluding hydrogens is 333 g/mol. The largest absolute Gasteiger partial charge is 0.392 e. The normalized spacial score (nSPS) is 10.6. The highest BCUT2D eigenvalue weighted by Crippen LogP contribution is 2.20. The number of aliphatic hydroxyl groups is 1. The van der Waals surface area contributed by atoms with Crippen molar-refractivity contribution in [2.75, 3.05) is 5.32 Å². The number of amides is 1. The van der Waals surface area contributed by atoms with Crippen molar-refractivity contribution in [1.82, 2.24) is 9.97 Å². The van der Waals surface area contributed by atoms with Crippen molar-refractivity contribution in [2.24, 2.45) is 0 Å². The van der Waals surface area contributed by atoms with Gasteiger partial charge in [0.1, 0.15) is 5.82 Å². The van der Waals surface area contributed by atoms with E-state index in [1.54, 1.807) is 25.3 Å². The number of aliphatic hydroxyl groups excluding tert-OH is 1. The minimum absolute atomic E-state index is 0.00991. The molecule has 0 unspecified atom stereocenters. The van der Waals surface area contributed by atoms with Crippen LogP contribution in [0.2, 0.25) is 0 Å². The van der Waals surface area contributed by atoms with Gasteiger partial charge >= 0.3 is 0 Å². The standard InChI is InChI=1S/C20H18FN3O2/c1-13-20(24-19(26)10-14-4-8-17(21)9-5-14)22-11-18(23-13)16-6-2-15(12-25)3-7-16/h2-9,11,25H,10,12H2,1H3,(H,22,24,26). The SMILES string of the molecule is Cc1nc(-c2ccc(CO)cc2)cnc1NC(=O)Cc1ccc(F)cc1. The Morgan fingerprint density at radius 3 is 2.35 bits per heavy atom. The molecule has 1 aromatic heterocycles. The van der Waals surface area contributed by atoms with Gasteiger partial charge in [-0.2, -0.15) is 0 Å². The predicted octanol–water partition coefficient (Wildman–Crippen LogP) is 3.26. The Balaban J connectivity index is 1.70. The molecular formula is C20H18FN3O2. The van der Waals surface area contributed by atoms with E-state index in [4.69, 9.17) is 5.11 Å². The Morgan fingerprint density at radius 1 is 1.08 bits per heavy atom. The van der Waals surface area contributed by atoms with Crippen LogP contribution in [0.5, 0.6) is 0 Å². The third kappa shape index (κ3) is 4.29. The molecule has 5 nitrogen and oxygen atoms in total. The third-order valence-electron chi connectivity index (χ3n) is 3.91. The summed E-state index contributed by atoms with van der Waals surface area (Å²) >= 11 is 0. The van der Waals surface area contributed by atoms with Gasteiger partial charge in [-0.1, -0.05) is 36.4 Å². The van der Waals surface area contributed by atoms with Gasteiger partial charge in [-0.05, 0) is 30.2 Å². The van der Waals surface area contributed by atoms with Crippen molar-refractivity contribution >= 4 is 11.7 Å². The van der Waals surface area contributed by atoms with Gasteiger partial charge in [0.05, 0.1) is 30.6 Å². The number of aryl methyl sites for hydroxylation is 1. The van der Waals surface area contributed by atoms with Gasteiger partial charge < -0.3 is 10.4 Å². The Bertz CT molecular complexity index is 909. The fourth-order valence-corrected chi connectivity index (χ4v) is 2.49. The lowest BCUT2D eigenvalue weighted by atomic mass is 10.1. The summed E-state index contributed by atoms with van der Waals surface area (Å²) in [6.07, 6.45) is 1.72. The first-order chi connectivity index (χ1) is 12.5. The number of anilines is 1. The third-order valence-corrected chi connectivity index (χ3v) is 3.91. The molecule has 0 saturated heterocycles. The highest BCUT2D eigenvalue weighted by molar-refractivity contribution is 5.91. The maximum absolute atomic E-state index is 12.9. The molecule has 2 N–H and O–H groups in total. The quantitative estimate of drug-likeness (QED) is 0.740. The molecule has 2 aromatic carbocycles. The molecule has 132 valence electrons. The van der Waals surface area contributed by atoms with Gasteiger partial charge in [0.2, 0.25) is 5.91 Å². The first kappa shape index (κ1) is 17.7. The molecule has 3 aromatic rings. The van der Waals surface area contributed by atoms with E-state index in [1.807, 2.05) is 24.3 Å². The summed E-state index contributed by atoms with van der Waals surface area (Å²) in [4.78, 5) is 20.9. The van der Waals surface area contributed by atoms with Crippen LogP contribution in [0.3, 0.4) is 0 Å². The average Bonchev–Trinajstić information content (AvgIpc) is 2.65. The van der Waals surface area contributed by atoms with Crippen molar-refractivity contribution in [3.63, 3.8) is 0 Å². The van der Waals surface area contributed by atoms with Crippen molar-refractivity contribution in [3.05, 3.63) is 77.4 Å². The summed E-state index contributed by atoms with van der Waals surface area (Å²) < 4.78 is 12.9. The number of hydrogen-bond acceptors (Lipinski definition) is 4. The number of benzene rings is 2. The second-order valence-electron chi connectivity index (χ2n) is 5.90. The number of carbonyl (C=O) groups is 1. The Morgan fingerprint density at radius 2 is 1.73 bits per heavy atom. The van der Waals surface area contributed by atoms with E-state index in [0.29, 0.717) is 17.2 Å². The lowest BCUT2D eigenvalue weighted by Gasteiger charge is -2.09. The van der Waals surface area contributed by atoms with E-state index in [0.717, 1.165) is 16.7 Å². The number of aromatic nitrogens is 2.